The predicted molar refractivity (Wildman–Crippen MR) is 85.1 cm³/mol. The van der Waals surface area contributed by atoms with Crippen LogP contribution in [0.15, 0.2) is 29.9 Å². The zero-order chi connectivity index (χ0) is 14.5. The predicted octanol–water partition coefficient (Wildman–Crippen LogP) is 3.23. The molecule has 0 aliphatic carbocycles. The van der Waals surface area contributed by atoms with E-state index >= 15 is 0 Å². The van der Waals surface area contributed by atoms with Gasteiger partial charge in [-0.2, -0.15) is 0 Å². The number of aromatic nitrogens is 2. The molecular formula is C15H22N4S. The Kier molecular flexibility index (Phi) is 5.09. The molecule has 2 aromatic rings. The third-order valence-electron chi connectivity index (χ3n) is 3.26. The zero-order valence-electron chi connectivity index (χ0n) is 12.5. The molecule has 0 spiro atoms. The first-order valence-corrected chi connectivity index (χ1v) is 7.76. The van der Waals surface area contributed by atoms with Crippen molar-refractivity contribution in [3.63, 3.8) is 0 Å². The number of rotatable bonds is 6. The van der Waals surface area contributed by atoms with Gasteiger partial charge < -0.3 is 10.2 Å². The molecule has 1 unspecified atom stereocenters. The van der Waals surface area contributed by atoms with Gasteiger partial charge in [-0.1, -0.05) is 19.9 Å². The zero-order valence-corrected chi connectivity index (χ0v) is 13.3. The van der Waals surface area contributed by atoms with Crippen LogP contribution in [0, 0.1) is 0 Å². The number of anilines is 1. The molecule has 0 fully saturated rings. The summed E-state index contributed by atoms with van der Waals surface area (Å²) in [4.78, 5) is 12.5. The third-order valence-corrected chi connectivity index (χ3v) is 4.30. The minimum Gasteiger partial charge on any atom is -0.351 e. The lowest BCUT2D eigenvalue weighted by molar-refractivity contribution is 0.579. The smallest absolute Gasteiger partial charge is 0.147 e. The van der Waals surface area contributed by atoms with Crippen molar-refractivity contribution in [2.24, 2.45) is 0 Å². The van der Waals surface area contributed by atoms with Crippen LogP contribution < -0.4 is 10.2 Å². The highest BCUT2D eigenvalue weighted by Crippen LogP contribution is 2.26. The van der Waals surface area contributed by atoms with Crippen molar-refractivity contribution in [1.82, 2.24) is 15.3 Å². The van der Waals surface area contributed by atoms with Crippen LogP contribution >= 0.6 is 11.3 Å². The molecule has 20 heavy (non-hydrogen) atoms. The monoisotopic (exact) mass is 290 g/mol. The van der Waals surface area contributed by atoms with E-state index in [9.17, 15) is 0 Å². The summed E-state index contributed by atoms with van der Waals surface area (Å²) in [6.07, 6.45) is 3.64. The molecule has 1 atom stereocenters. The van der Waals surface area contributed by atoms with E-state index in [1.54, 1.807) is 11.3 Å². The Bertz CT molecular complexity index is 524. The van der Waals surface area contributed by atoms with Crippen molar-refractivity contribution < 1.29 is 0 Å². The summed E-state index contributed by atoms with van der Waals surface area (Å²) in [6.45, 7) is 7.19. The molecule has 0 saturated carbocycles. The topological polar surface area (TPSA) is 41.1 Å². The number of thiophene rings is 1. The van der Waals surface area contributed by atoms with Crippen LogP contribution in [-0.4, -0.2) is 23.1 Å². The average molecular weight is 290 g/mol. The summed E-state index contributed by atoms with van der Waals surface area (Å²) >= 11 is 1.77. The lowest BCUT2D eigenvalue weighted by Crippen LogP contribution is -2.25. The van der Waals surface area contributed by atoms with E-state index in [0.717, 1.165) is 18.1 Å². The van der Waals surface area contributed by atoms with Gasteiger partial charge >= 0.3 is 0 Å². The van der Waals surface area contributed by atoms with Gasteiger partial charge in [-0.25, -0.2) is 4.98 Å². The van der Waals surface area contributed by atoms with Crippen molar-refractivity contribution in [1.29, 1.82) is 0 Å². The van der Waals surface area contributed by atoms with Crippen molar-refractivity contribution >= 4 is 17.2 Å². The SMILES string of the molecule is CC(C)NCc1cncc(N(C)C(C)c2cccs2)n1. The van der Waals surface area contributed by atoms with Gasteiger partial charge in [-0.3, -0.25) is 4.98 Å². The van der Waals surface area contributed by atoms with Gasteiger partial charge in [0.05, 0.1) is 17.9 Å². The second-order valence-corrected chi connectivity index (χ2v) is 6.19. The highest BCUT2D eigenvalue weighted by Gasteiger charge is 2.14. The maximum absolute atomic E-state index is 4.68. The molecule has 2 aromatic heterocycles. The van der Waals surface area contributed by atoms with Crippen molar-refractivity contribution in [2.45, 2.75) is 39.4 Å². The van der Waals surface area contributed by atoms with Crippen LogP contribution in [-0.2, 0) is 6.54 Å². The first-order valence-electron chi connectivity index (χ1n) is 6.88. The number of nitrogens with zero attached hydrogens (tertiary/aromatic N) is 3. The first-order chi connectivity index (χ1) is 9.58. The van der Waals surface area contributed by atoms with Crippen molar-refractivity contribution in [3.05, 3.63) is 40.5 Å². The Balaban J connectivity index is 2.09. The van der Waals surface area contributed by atoms with Crippen LogP contribution in [0.2, 0.25) is 0 Å². The van der Waals surface area contributed by atoms with Crippen LogP contribution in [0.5, 0.6) is 0 Å². The van der Waals surface area contributed by atoms with Crippen LogP contribution in [0.25, 0.3) is 0 Å². The fraction of sp³-hybridized carbons (Fsp3) is 0.467. The summed E-state index contributed by atoms with van der Waals surface area (Å²) < 4.78 is 0. The Labute approximate surface area is 124 Å². The van der Waals surface area contributed by atoms with Crippen LogP contribution in [0.4, 0.5) is 5.82 Å². The second-order valence-electron chi connectivity index (χ2n) is 5.21. The number of hydrogen-bond donors (Lipinski definition) is 1. The van der Waals surface area contributed by atoms with Gasteiger partial charge in [0.2, 0.25) is 0 Å². The van der Waals surface area contributed by atoms with E-state index in [1.165, 1.54) is 4.88 Å². The minimum atomic E-state index is 0.303. The van der Waals surface area contributed by atoms with Gasteiger partial charge in [0.15, 0.2) is 0 Å². The van der Waals surface area contributed by atoms with Crippen molar-refractivity contribution in [2.75, 3.05) is 11.9 Å². The van der Waals surface area contributed by atoms with Gasteiger partial charge in [0.1, 0.15) is 5.82 Å². The maximum atomic E-state index is 4.68. The molecule has 0 saturated heterocycles. The normalized spacial score (nSPS) is 12.7. The summed E-state index contributed by atoms with van der Waals surface area (Å²) in [7, 11) is 2.06. The fourth-order valence-electron chi connectivity index (χ4n) is 1.88. The quantitative estimate of drug-likeness (QED) is 0.887. The second kappa shape index (κ2) is 6.81. The molecule has 108 valence electrons. The summed E-state index contributed by atoms with van der Waals surface area (Å²) in [5, 5.41) is 5.47. The molecule has 0 aliphatic heterocycles. The standard InChI is InChI=1S/C15H22N4S/c1-11(2)17-9-13-8-16-10-15(18-13)19(4)12(3)14-6-5-7-20-14/h5-8,10-12,17H,9H2,1-4H3. The molecule has 0 aromatic carbocycles. The van der Waals surface area contributed by atoms with Gasteiger partial charge in [0, 0.05) is 30.7 Å². The molecule has 0 aliphatic rings. The Hall–Kier alpha value is -1.46. The summed E-state index contributed by atoms with van der Waals surface area (Å²) in [6, 6.07) is 4.99. The molecule has 0 radical (unpaired) electrons. The first kappa shape index (κ1) is 14.9. The Morgan fingerprint density at radius 1 is 1.30 bits per heavy atom. The molecule has 5 heteroatoms. The van der Waals surface area contributed by atoms with Gasteiger partial charge in [-0.15, -0.1) is 11.3 Å². The molecular weight excluding hydrogens is 268 g/mol. The van der Waals surface area contributed by atoms with E-state index in [2.05, 4.69) is 65.5 Å². The summed E-state index contributed by atoms with van der Waals surface area (Å²) in [5.74, 6) is 0.911. The lowest BCUT2D eigenvalue weighted by atomic mass is 10.2. The number of hydrogen-bond acceptors (Lipinski definition) is 5. The molecule has 0 amide bonds. The molecule has 4 nitrogen and oxygen atoms in total. The average Bonchev–Trinajstić information content (AvgIpc) is 2.98. The molecule has 2 heterocycles. The maximum Gasteiger partial charge on any atom is 0.147 e. The third kappa shape index (κ3) is 3.77. The van der Waals surface area contributed by atoms with E-state index in [-0.39, 0.29) is 0 Å². The molecule has 0 bridgehead atoms. The van der Waals surface area contributed by atoms with Gasteiger partial charge in [-0.05, 0) is 18.4 Å². The Morgan fingerprint density at radius 2 is 2.10 bits per heavy atom. The summed E-state index contributed by atoms with van der Waals surface area (Å²) in [5.41, 5.74) is 0.974. The number of nitrogens with one attached hydrogen (secondary N) is 1. The van der Waals surface area contributed by atoms with E-state index in [4.69, 9.17) is 0 Å². The highest BCUT2D eigenvalue weighted by molar-refractivity contribution is 7.10. The van der Waals surface area contributed by atoms with Crippen LogP contribution in [0.3, 0.4) is 0 Å². The van der Waals surface area contributed by atoms with E-state index in [0.29, 0.717) is 12.1 Å². The van der Waals surface area contributed by atoms with Crippen LogP contribution in [0.1, 0.15) is 37.4 Å². The van der Waals surface area contributed by atoms with Crippen molar-refractivity contribution in [3.8, 4) is 0 Å². The van der Waals surface area contributed by atoms with Gasteiger partial charge in [0.25, 0.3) is 0 Å². The van der Waals surface area contributed by atoms with E-state index in [1.807, 2.05) is 12.4 Å². The molecule has 1 N–H and O–H groups in total. The molecule has 2 rings (SSSR count). The Morgan fingerprint density at radius 3 is 2.75 bits per heavy atom. The van der Waals surface area contributed by atoms with E-state index < -0.39 is 0 Å². The largest absolute Gasteiger partial charge is 0.351 e. The highest BCUT2D eigenvalue weighted by atomic mass is 32.1. The lowest BCUT2D eigenvalue weighted by Gasteiger charge is -2.25. The fourth-order valence-corrected chi connectivity index (χ4v) is 2.70. The minimum absolute atomic E-state index is 0.303.